The Bertz CT molecular complexity index is 270. The maximum atomic E-state index is 11.3. The number of hydrogen-bond donors (Lipinski definition) is 2. The van der Waals surface area contributed by atoms with Gasteiger partial charge in [0.1, 0.15) is 0 Å². The number of urea groups is 1. The van der Waals surface area contributed by atoms with E-state index in [4.69, 9.17) is 0 Å². The number of piperidine rings is 1. The molecule has 0 saturated carbocycles. The molecule has 3 unspecified atom stereocenters. The lowest BCUT2D eigenvalue weighted by Crippen LogP contribution is -2.52. The van der Waals surface area contributed by atoms with Gasteiger partial charge in [-0.25, -0.2) is 4.79 Å². The van der Waals surface area contributed by atoms with Crippen molar-refractivity contribution in [2.24, 2.45) is 5.92 Å². The molecule has 5 heteroatoms. The largest absolute Gasteiger partial charge is 0.337 e. The lowest BCUT2D eigenvalue weighted by Gasteiger charge is -2.40. The van der Waals surface area contributed by atoms with Crippen LogP contribution in [0.1, 0.15) is 20.3 Å². The van der Waals surface area contributed by atoms with E-state index in [1.165, 1.54) is 6.42 Å². The van der Waals surface area contributed by atoms with Gasteiger partial charge in [-0.2, -0.15) is 0 Å². The number of carbonyl (C=O) groups is 1. The van der Waals surface area contributed by atoms with Gasteiger partial charge in [0.05, 0.1) is 0 Å². The van der Waals surface area contributed by atoms with E-state index >= 15 is 0 Å². The van der Waals surface area contributed by atoms with Crippen molar-refractivity contribution in [2.45, 2.75) is 32.4 Å². The third-order valence-corrected chi connectivity index (χ3v) is 3.82. The van der Waals surface area contributed by atoms with Gasteiger partial charge in [0.25, 0.3) is 0 Å². The molecule has 0 aromatic heterocycles. The number of carbonyl (C=O) groups excluding carboxylic acids is 1. The molecule has 0 aliphatic carbocycles. The number of likely N-dealkylation sites (tertiary alicyclic amines) is 1. The molecule has 2 amide bonds. The van der Waals surface area contributed by atoms with Crippen molar-refractivity contribution in [3.8, 4) is 0 Å². The molecule has 0 spiro atoms. The minimum Gasteiger partial charge on any atom is -0.337 e. The zero-order chi connectivity index (χ0) is 13.7. The highest BCUT2D eigenvalue weighted by Gasteiger charge is 2.28. The van der Waals surface area contributed by atoms with Crippen LogP contribution in [-0.2, 0) is 0 Å². The Kier molecular flexibility index (Phi) is 5.88. The molecule has 18 heavy (non-hydrogen) atoms. The van der Waals surface area contributed by atoms with Gasteiger partial charge in [0, 0.05) is 45.8 Å². The summed E-state index contributed by atoms with van der Waals surface area (Å²) >= 11 is 0. The second-order valence-corrected chi connectivity index (χ2v) is 5.69. The molecule has 0 aromatic carbocycles. The van der Waals surface area contributed by atoms with E-state index in [0.29, 0.717) is 24.5 Å². The standard InChI is InChI=1S/C13H28N4O/c1-10-9-17(5)11(2)8-12(10)14-6-7-15-13(18)16(3)4/h10-12,14H,6-9H2,1-5H3,(H,15,18). The first-order valence-corrected chi connectivity index (χ1v) is 6.80. The van der Waals surface area contributed by atoms with Crippen LogP contribution in [0, 0.1) is 5.92 Å². The van der Waals surface area contributed by atoms with Crippen molar-refractivity contribution in [1.82, 2.24) is 20.4 Å². The zero-order valence-corrected chi connectivity index (χ0v) is 12.4. The fraction of sp³-hybridized carbons (Fsp3) is 0.923. The van der Waals surface area contributed by atoms with E-state index in [-0.39, 0.29) is 6.03 Å². The lowest BCUT2D eigenvalue weighted by molar-refractivity contribution is 0.122. The Morgan fingerprint density at radius 3 is 2.61 bits per heavy atom. The van der Waals surface area contributed by atoms with Crippen molar-refractivity contribution in [1.29, 1.82) is 0 Å². The van der Waals surface area contributed by atoms with Crippen molar-refractivity contribution in [3.05, 3.63) is 0 Å². The van der Waals surface area contributed by atoms with Gasteiger partial charge in [0.2, 0.25) is 0 Å². The number of rotatable bonds is 4. The van der Waals surface area contributed by atoms with Gasteiger partial charge in [0.15, 0.2) is 0 Å². The smallest absolute Gasteiger partial charge is 0.316 e. The Hall–Kier alpha value is -0.810. The molecule has 1 heterocycles. The molecule has 1 rings (SSSR count). The van der Waals surface area contributed by atoms with Crippen LogP contribution in [0.25, 0.3) is 0 Å². The molecule has 1 fully saturated rings. The van der Waals surface area contributed by atoms with E-state index < -0.39 is 0 Å². The van der Waals surface area contributed by atoms with Crippen LogP contribution in [0.4, 0.5) is 4.79 Å². The highest BCUT2D eigenvalue weighted by molar-refractivity contribution is 5.73. The summed E-state index contributed by atoms with van der Waals surface area (Å²) in [5, 5.41) is 6.43. The number of hydrogen-bond acceptors (Lipinski definition) is 3. The quantitative estimate of drug-likeness (QED) is 0.723. The molecule has 1 aliphatic rings. The van der Waals surface area contributed by atoms with Gasteiger partial charge in [-0.3, -0.25) is 0 Å². The van der Waals surface area contributed by atoms with E-state index in [1.54, 1.807) is 19.0 Å². The molecule has 3 atom stereocenters. The van der Waals surface area contributed by atoms with Crippen LogP contribution in [0.15, 0.2) is 0 Å². The predicted molar refractivity (Wildman–Crippen MR) is 74.7 cm³/mol. The van der Waals surface area contributed by atoms with Gasteiger partial charge in [-0.15, -0.1) is 0 Å². The summed E-state index contributed by atoms with van der Waals surface area (Å²) in [6, 6.07) is 1.17. The first kappa shape index (κ1) is 15.2. The molecule has 0 bridgehead atoms. The molecule has 0 radical (unpaired) electrons. The molecule has 2 N–H and O–H groups in total. The third-order valence-electron chi connectivity index (χ3n) is 3.82. The van der Waals surface area contributed by atoms with Crippen LogP contribution in [0.5, 0.6) is 0 Å². The van der Waals surface area contributed by atoms with Crippen LogP contribution in [0.3, 0.4) is 0 Å². The molecular formula is C13H28N4O. The fourth-order valence-corrected chi connectivity index (χ4v) is 2.41. The normalized spacial score (nSPS) is 29.1. The molecule has 106 valence electrons. The Labute approximate surface area is 111 Å². The van der Waals surface area contributed by atoms with Crippen LogP contribution in [-0.4, -0.2) is 68.7 Å². The molecular weight excluding hydrogens is 228 g/mol. The monoisotopic (exact) mass is 256 g/mol. The second kappa shape index (κ2) is 6.95. The molecule has 1 aliphatic heterocycles. The van der Waals surface area contributed by atoms with E-state index in [0.717, 1.165) is 13.1 Å². The van der Waals surface area contributed by atoms with E-state index in [9.17, 15) is 4.79 Å². The van der Waals surface area contributed by atoms with Gasteiger partial charge in [-0.05, 0) is 26.3 Å². The van der Waals surface area contributed by atoms with Crippen molar-refractivity contribution < 1.29 is 4.79 Å². The first-order chi connectivity index (χ1) is 8.41. The third kappa shape index (κ3) is 4.46. The van der Waals surface area contributed by atoms with E-state index in [1.807, 2.05) is 0 Å². The highest BCUT2D eigenvalue weighted by Crippen LogP contribution is 2.20. The summed E-state index contributed by atoms with van der Waals surface area (Å²) in [6.45, 7) is 7.23. The van der Waals surface area contributed by atoms with Crippen molar-refractivity contribution in [3.63, 3.8) is 0 Å². The summed E-state index contributed by atoms with van der Waals surface area (Å²) in [5.41, 5.74) is 0. The predicted octanol–water partition coefficient (Wildman–Crippen LogP) is 0.576. The maximum Gasteiger partial charge on any atom is 0.316 e. The van der Waals surface area contributed by atoms with Gasteiger partial charge < -0.3 is 20.4 Å². The second-order valence-electron chi connectivity index (χ2n) is 5.69. The van der Waals surface area contributed by atoms with Crippen molar-refractivity contribution >= 4 is 6.03 Å². The van der Waals surface area contributed by atoms with Gasteiger partial charge in [-0.1, -0.05) is 6.92 Å². The highest BCUT2D eigenvalue weighted by atomic mass is 16.2. The minimum absolute atomic E-state index is 0.0263. The Morgan fingerprint density at radius 2 is 2.00 bits per heavy atom. The summed E-state index contributed by atoms with van der Waals surface area (Å²) in [6.07, 6.45) is 1.18. The maximum absolute atomic E-state index is 11.3. The summed E-state index contributed by atoms with van der Waals surface area (Å²) in [7, 11) is 5.70. The molecule has 1 saturated heterocycles. The first-order valence-electron chi connectivity index (χ1n) is 6.80. The number of nitrogens with zero attached hydrogens (tertiary/aromatic N) is 2. The van der Waals surface area contributed by atoms with Crippen molar-refractivity contribution in [2.75, 3.05) is 40.8 Å². The van der Waals surface area contributed by atoms with Crippen LogP contribution < -0.4 is 10.6 Å². The Morgan fingerprint density at radius 1 is 1.33 bits per heavy atom. The zero-order valence-electron chi connectivity index (χ0n) is 12.4. The van der Waals surface area contributed by atoms with Crippen LogP contribution in [0.2, 0.25) is 0 Å². The molecule has 0 aromatic rings. The SMILES string of the molecule is CC1CN(C)C(C)CC1NCCNC(=O)N(C)C. The average Bonchev–Trinajstić information content (AvgIpc) is 2.30. The Balaban J connectivity index is 2.21. The summed E-state index contributed by atoms with van der Waals surface area (Å²) in [4.78, 5) is 15.3. The minimum atomic E-state index is -0.0263. The van der Waals surface area contributed by atoms with E-state index in [2.05, 4.69) is 36.4 Å². The van der Waals surface area contributed by atoms with Crippen LogP contribution >= 0.6 is 0 Å². The summed E-state index contributed by atoms with van der Waals surface area (Å²) < 4.78 is 0. The average molecular weight is 256 g/mol. The molecule has 5 nitrogen and oxygen atoms in total. The fourth-order valence-electron chi connectivity index (χ4n) is 2.41. The van der Waals surface area contributed by atoms with Gasteiger partial charge >= 0.3 is 6.03 Å². The summed E-state index contributed by atoms with van der Waals surface area (Å²) in [5.74, 6) is 0.663. The number of amides is 2. The lowest BCUT2D eigenvalue weighted by atomic mass is 9.90. The topological polar surface area (TPSA) is 47.6 Å². The number of nitrogens with one attached hydrogen (secondary N) is 2.